The molecule has 0 aliphatic heterocycles. The van der Waals surface area contributed by atoms with E-state index in [1.165, 1.54) is 0 Å². The quantitative estimate of drug-likeness (QED) is 0.421. The smallest absolute Gasteiger partial charge is 0.175 e. The molecule has 0 amide bonds. The highest BCUT2D eigenvalue weighted by molar-refractivity contribution is 7.92. The standard InChI is InChI=1S/C15H22O2S/c1-5-7-9-10-15(12-11-14(3)4)18(16,17)13-8-6-2/h5,14-15H,1,7,9-10,13H2,2-4H3. The Labute approximate surface area is 112 Å². The van der Waals surface area contributed by atoms with Crippen molar-refractivity contribution in [3.8, 4) is 23.7 Å². The molecule has 0 aliphatic rings. The molecule has 0 radical (unpaired) electrons. The zero-order valence-corrected chi connectivity index (χ0v) is 12.3. The Balaban J connectivity index is 4.89. The maximum Gasteiger partial charge on any atom is 0.175 e. The van der Waals surface area contributed by atoms with Crippen LogP contribution in [0.3, 0.4) is 0 Å². The van der Waals surface area contributed by atoms with Crippen LogP contribution in [0, 0.1) is 29.6 Å². The summed E-state index contributed by atoms with van der Waals surface area (Å²) in [6.07, 6.45) is 3.96. The molecule has 3 heteroatoms. The Bertz CT molecular complexity index is 464. The molecule has 0 bridgehead atoms. The molecule has 0 N–H and O–H groups in total. The third-order valence-corrected chi connectivity index (χ3v) is 4.06. The zero-order valence-electron chi connectivity index (χ0n) is 11.5. The third-order valence-electron chi connectivity index (χ3n) is 2.29. The van der Waals surface area contributed by atoms with E-state index < -0.39 is 15.1 Å². The summed E-state index contributed by atoms with van der Waals surface area (Å²) in [7, 11) is -3.24. The van der Waals surface area contributed by atoms with Gasteiger partial charge in [-0.1, -0.05) is 37.7 Å². The first-order valence-electron chi connectivity index (χ1n) is 6.17. The van der Waals surface area contributed by atoms with Crippen LogP contribution in [0.2, 0.25) is 0 Å². The van der Waals surface area contributed by atoms with Crippen molar-refractivity contribution in [2.75, 3.05) is 5.75 Å². The van der Waals surface area contributed by atoms with E-state index in [1.807, 2.05) is 13.8 Å². The van der Waals surface area contributed by atoms with Gasteiger partial charge >= 0.3 is 0 Å². The van der Waals surface area contributed by atoms with Gasteiger partial charge in [-0.05, 0) is 26.2 Å². The lowest BCUT2D eigenvalue weighted by atomic mass is 10.1. The van der Waals surface area contributed by atoms with Crippen molar-refractivity contribution < 1.29 is 8.42 Å². The summed E-state index contributed by atoms with van der Waals surface area (Å²) in [4.78, 5) is 0. The van der Waals surface area contributed by atoms with Crippen LogP contribution >= 0.6 is 0 Å². The van der Waals surface area contributed by atoms with Crippen LogP contribution in [0.25, 0.3) is 0 Å². The summed E-state index contributed by atoms with van der Waals surface area (Å²) in [5, 5.41) is -0.597. The Morgan fingerprint density at radius 1 is 1.28 bits per heavy atom. The second-order valence-corrected chi connectivity index (χ2v) is 6.57. The Morgan fingerprint density at radius 2 is 1.94 bits per heavy atom. The van der Waals surface area contributed by atoms with Crippen molar-refractivity contribution in [2.24, 2.45) is 5.92 Å². The summed E-state index contributed by atoms with van der Waals surface area (Å²) < 4.78 is 24.1. The lowest BCUT2D eigenvalue weighted by Crippen LogP contribution is -2.22. The largest absolute Gasteiger partial charge is 0.227 e. The van der Waals surface area contributed by atoms with Gasteiger partial charge in [-0.2, -0.15) is 0 Å². The van der Waals surface area contributed by atoms with E-state index in [0.29, 0.717) is 6.42 Å². The molecule has 1 atom stereocenters. The number of allylic oxidation sites excluding steroid dienone is 1. The van der Waals surface area contributed by atoms with Crippen molar-refractivity contribution in [1.29, 1.82) is 0 Å². The van der Waals surface area contributed by atoms with Gasteiger partial charge in [0.25, 0.3) is 0 Å². The molecular weight excluding hydrogens is 244 g/mol. The van der Waals surface area contributed by atoms with Gasteiger partial charge in [0, 0.05) is 5.92 Å². The van der Waals surface area contributed by atoms with Crippen molar-refractivity contribution in [2.45, 2.75) is 45.3 Å². The normalized spacial score (nSPS) is 12.0. The number of sulfone groups is 1. The van der Waals surface area contributed by atoms with E-state index in [2.05, 4.69) is 30.3 Å². The van der Waals surface area contributed by atoms with E-state index in [-0.39, 0.29) is 11.7 Å². The average molecular weight is 266 g/mol. The Morgan fingerprint density at radius 3 is 2.44 bits per heavy atom. The minimum atomic E-state index is -3.24. The molecule has 0 saturated carbocycles. The molecular formula is C15H22O2S. The molecule has 1 unspecified atom stereocenters. The second-order valence-electron chi connectivity index (χ2n) is 4.39. The molecule has 2 nitrogen and oxygen atoms in total. The minimum Gasteiger partial charge on any atom is -0.227 e. The summed E-state index contributed by atoms with van der Waals surface area (Å²) in [6.45, 7) is 9.18. The molecule has 0 heterocycles. The lowest BCUT2D eigenvalue weighted by Gasteiger charge is -2.09. The van der Waals surface area contributed by atoms with Crippen LogP contribution in [0.5, 0.6) is 0 Å². The van der Waals surface area contributed by atoms with Crippen LogP contribution in [0.15, 0.2) is 12.7 Å². The summed E-state index contributed by atoms with van der Waals surface area (Å²) in [5.41, 5.74) is 0. The predicted molar refractivity (Wildman–Crippen MR) is 77.7 cm³/mol. The van der Waals surface area contributed by atoms with Crippen molar-refractivity contribution in [3.05, 3.63) is 12.7 Å². The third kappa shape index (κ3) is 7.20. The predicted octanol–water partition coefficient (Wildman–Crippen LogP) is 2.81. The van der Waals surface area contributed by atoms with Gasteiger partial charge in [-0.25, -0.2) is 8.42 Å². The highest BCUT2D eigenvalue weighted by Gasteiger charge is 2.21. The fourth-order valence-corrected chi connectivity index (χ4v) is 2.64. The molecule has 0 fully saturated rings. The van der Waals surface area contributed by atoms with Crippen molar-refractivity contribution in [1.82, 2.24) is 0 Å². The highest BCUT2D eigenvalue weighted by atomic mass is 32.2. The highest BCUT2D eigenvalue weighted by Crippen LogP contribution is 2.11. The van der Waals surface area contributed by atoms with Gasteiger partial charge in [0.15, 0.2) is 9.84 Å². The van der Waals surface area contributed by atoms with E-state index in [9.17, 15) is 8.42 Å². The Hall–Kier alpha value is -1.19. The molecule has 100 valence electrons. The van der Waals surface area contributed by atoms with Crippen LogP contribution in [-0.4, -0.2) is 19.4 Å². The molecule has 0 saturated heterocycles. The van der Waals surface area contributed by atoms with E-state index >= 15 is 0 Å². The van der Waals surface area contributed by atoms with E-state index in [4.69, 9.17) is 0 Å². The molecule has 0 rings (SSSR count). The van der Waals surface area contributed by atoms with Crippen LogP contribution in [0.1, 0.15) is 40.0 Å². The van der Waals surface area contributed by atoms with Gasteiger partial charge in [-0.15, -0.1) is 12.5 Å². The van der Waals surface area contributed by atoms with Gasteiger partial charge in [0.2, 0.25) is 0 Å². The maximum atomic E-state index is 12.1. The molecule has 0 aliphatic carbocycles. The SMILES string of the molecule is C=CCCCC(C#CC(C)C)S(=O)(=O)CC#CC. The zero-order chi connectivity index (χ0) is 14.0. The van der Waals surface area contributed by atoms with Crippen LogP contribution in [-0.2, 0) is 9.84 Å². The van der Waals surface area contributed by atoms with Crippen molar-refractivity contribution in [3.63, 3.8) is 0 Å². The fourth-order valence-electron chi connectivity index (χ4n) is 1.32. The Kier molecular flexibility index (Phi) is 8.25. The van der Waals surface area contributed by atoms with Gasteiger partial charge < -0.3 is 0 Å². The molecule has 0 aromatic rings. The molecule has 0 aromatic heterocycles. The summed E-state index contributed by atoms with van der Waals surface area (Å²) in [6, 6.07) is 0. The summed E-state index contributed by atoms with van der Waals surface area (Å²) in [5.74, 6) is 11.2. The molecule has 0 aromatic carbocycles. The van der Waals surface area contributed by atoms with Gasteiger partial charge in [-0.3, -0.25) is 0 Å². The van der Waals surface area contributed by atoms with Gasteiger partial charge in [0.05, 0.1) is 0 Å². The van der Waals surface area contributed by atoms with Crippen molar-refractivity contribution >= 4 is 9.84 Å². The second kappa shape index (κ2) is 8.84. The molecule has 0 spiro atoms. The monoisotopic (exact) mass is 266 g/mol. The topological polar surface area (TPSA) is 34.1 Å². The lowest BCUT2D eigenvalue weighted by molar-refractivity contribution is 0.586. The first kappa shape index (κ1) is 16.8. The van der Waals surface area contributed by atoms with Crippen LogP contribution in [0.4, 0.5) is 0 Å². The van der Waals surface area contributed by atoms with E-state index in [0.717, 1.165) is 12.8 Å². The van der Waals surface area contributed by atoms with Gasteiger partial charge in [0.1, 0.15) is 11.0 Å². The average Bonchev–Trinajstić information content (AvgIpc) is 2.30. The number of hydrogen-bond donors (Lipinski definition) is 0. The first-order valence-corrected chi connectivity index (χ1v) is 7.88. The maximum absolute atomic E-state index is 12.1. The number of rotatable bonds is 6. The van der Waals surface area contributed by atoms with E-state index in [1.54, 1.807) is 13.0 Å². The first-order chi connectivity index (χ1) is 8.44. The number of unbranched alkanes of at least 4 members (excludes halogenated alkanes) is 1. The summed E-state index contributed by atoms with van der Waals surface area (Å²) >= 11 is 0. The number of hydrogen-bond acceptors (Lipinski definition) is 2. The molecule has 18 heavy (non-hydrogen) atoms. The fraction of sp³-hybridized carbons (Fsp3) is 0.600. The van der Waals surface area contributed by atoms with Crippen LogP contribution < -0.4 is 0 Å². The minimum absolute atomic E-state index is 0.102.